The molecule has 0 amide bonds. The van der Waals surface area contributed by atoms with Crippen molar-refractivity contribution in [3.63, 3.8) is 0 Å². The van der Waals surface area contributed by atoms with Gasteiger partial charge in [-0.15, -0.1) is 0 Å². The Balaban J connectivity index is 1.67. The summed E-state index contributed by atoms with van der Waals surface area (Å²) in [7, 11) is 0. The fraction of sp³-hybridized carbons (Fsp3) is 0.176. The summed E-state index contributed by atoms with van der Waals surface area (Å²) in [5.74, 6) is 0.562. The SMILES string of the molecule is NCC(=CF)COc1ccc2nc(NCc3ccncc3)oc2c1. The van der Waals surface area contributed by atoms with Gasteiger partial charge in [-0.05, 0) is 29.8 Å². The third kappa shape index (κ3) is 3.88. The molecule has 0 fully saturated rings. The highest BCUT2D eigenvalue weighted by Gasteiger charge is 2.07. The molecule has 3 N–H and O–H groups in total. The molecule has 3 aromatic rings. The van der Waals surface area contributed by atoms with Gasteiger partial charge in [0, 0.05) is 37.1 Å². The standard InChI is InChI=1S/C17H17FN4O2/c18-8-13(9-19)11-23-14-1-2-15-16(7-14)24-17(22-15)21-10-12-3-5-20-6-4-12/h1-8H,9-11,19H2,(H,21,22). The predicted molar refractivity (Wildman–Crippen MR) is 89.3 cm³/mol. The van der Waals surface area contributed by atoms with Gasteiger partial charge in [0.15, 0.2) is 5.58 Å². The van der Waals surface area contributed by atoms with Crippen molar-refractivity contribution in [1.29, 1.82) is 0 Å². The highest BCUT2D eigenvalue weighted by atomic mass is 19.1. The molecule has 0 unspecified atom stereocenters. The molecule has 0 radical (unpaired) electrons. The molecule has 0 aliphatic rings. The van der Waals surface area contributed by atoms with Gasteiger partial charge in [0.1, 0.15) is 17.9 Å². The first-order chi connectivity index (χ1) is 11.8. The Bertz CT molecular complexity index is 833. The fourth-order valence-electron chi connectivity index (χ4n) is 2.06. The number of hydrogen-bond donors (Lipinski definition) is 2. The molecule has 0 aliphatic heterocycles. The second kappa shape index (κ2) is 7.56. The van der Waals surface area contributed by atoms with Crippen molar-refractivity contribution in [2.24, 2.45) is 5.73 Å². The first-order valence-corrected chi connectivity index (χ1v) is 7.43. The highest BCUT2D eigenvalue weighted by molar-refractivity contribution is 5.76. The number of aromatic nitrogens is 2. The molecule has 2 aromatic heterocycles. The Hall–Kier alpha value is -2.93. The summed E-state index contributed by atoms with van der Waals surface area (Å²) in [5, 5.41) is 3.12. The molecule has 0 saturated carbocycles. The summed E-state index contributed by atoms with van der Waals surface area (Å²) in [6.45, 7) is 0.795. The molecular formula is C17H17FN4O2. The minimum Gasteiger partial charge on any atom is -0.489 e. The van der Waals surface area contributed by atoms with E-state index in [4.69, 9.17) is 14.9 Å². The van der Waals surface area contributed by atoms with E-state index in [0.29, 0.717) is 41.3 Å². The Morgan fingerprint density at radius 1 is 1.29 bits per heavy atom. The second-order valence-corrected chi connectivity index (χ2v) is 5.12. The topological polar surface area (TPSA) is 86.2 Å². The van der Waals surface area contributed by atoms with Crippen LogP contribution in [0.5, 0.6) is 5.75 Å². The fourth-order valence-corrected chi connectivity index (χ4v) is 2.06. The number of anilines is 1. The number of ether oxygens (including phenoxy) is 1. The van der Waals surface area contributed by atoms with Crippen molar-refractivity contribution in [3.8, 4) is 5.75 Å². The van der Waals surface area contributed by atoms with Crippen molar-refractivity contribution in [3.05, 3.63) is 60.2 Å². The summed E-state index contributed by atoms with van der Waals surface area (Å²) in [6, 6.07) is 9.50. The second-order valence-electron chi connectivity index (χ2n) is 5.12. The van der Waals surface area contributed by atoms with E-state index in [1.165, 1.54) is 0 Å². The lowest BCUT2D eigenvalue weighted by Gasteiger charge is -2.06. The van der Waals surface area contributed by atoms with E-state index >= 15 is 0 Å². The molecule has 7 heteroatoms. The minimum absolute atomic E-state index is 0.0970. The monoisotopic (exact) mass is 328 g/mol. The van der Waals surface area contributed by atoms with Crippen molar-refractivity contribution >= 4 is 17.1 Å². The molecule has 0 saturated heterocycles. The van der Waals surface area contributed by atoms with Gasteiger partial charge in [0.05, 0.1) is 6.33 Å². The predicted octanol–water partition coefficient (Wildman–Crippen LogP) is 3.03. The number of oxazole rings is 1. The molecule has 2 heterocycles. The van der Waals surface area contributed by atoms with Crippen LogP contribution in [0.1, 0.15) is 5.56 Å². The van der Waals surface area contributed by atoms with E-state index in [9.17, 15) is 4.39 Å². The zero-order valence-electron chi connectivity index (χ0n) is 12.9. The number of nitrogens with one attached hydrogen (secondary N) is 1. The van der Waals surface area contributed by atoms with Crippen LogP contribution in [0.2, 0.25) is 0 Å². The number of benzene rings is 1. The molecule has 0 atom stereocenters. The summed E-state index contributed by atoms with van der Waals surface area (Å²) in [4.78, 5) is 8.33. The smallest absolute Gasteiger partial charge is 0.295 e. The van der Waals surface area contributed by atoms with Gasteiger partial charge in [-0.2, -0.15) is 4.98 Å². The van der Waals surface area contributed by atoms with E-state index in [-0.39, 0.29) is 13.2 Å². The average Bonchev–Trinajstić information content (AvgIpc) is 3.04. The summed E-state index contributed by atoms with van der Waals surface area (Å²) in [6.07, 6.45) is 3.93. The van der Waals surface area contributed by atoms with Gasteiger partial charge in [0.2, 0.25) is 0 Å². The molecule has 0 aliphatic carbocycles. The van der Waals surface area contributed by atoms with E-state index in [0.717, 1.165) is 5.56 Å². The third-order valence-electron chi connectivity index (χ3n) is 3.39. The molecule has 0 spiro atoms. The quantitative estimate of drug-likeness (QED) is 0.693. The number of rotatable bonds is 7. The lowest BCUT2D eigenvalue weighted by atomic mass is 10.3. The number of nitrogens with zero attached hydrogens (tertiary/aromatic N) is 2. The molecule has 24 heavy (non-hydrogen) atoms. The molecule has 0 bridgehead atoms. The summed E-state index contributed by atoms with van der Waals surface area (Å²) >= 11 is 0. The lowest BCUT2D eigenvalue weighted by molar-refractivity contribution is 0.347. The maximum absolute atomic E-state index is 12.5. The van der Waals surface area contributed by atoms with Gasteiger partial charge in [-0.3, -0.25) is 4.98 Å². The zero-order chi connectivity index (χ0) is 16.8. The van der Waals surface area contributed by atoms with E-state index in [2.05, 4.69) is 15.3 Å². The minimum atomic E-state index is 0.0970. The van der Waals surface area contributed by atoms with Crippen LogP contribution in [-0.4, -0.2) is 23.1 Å². The van der Waals surface area contributed by atoms with Crippen molar-refractivity contribution < 1.29 is 13.5 Å². The van der Waals surface area contributed by atoms with Crippen LogP contribution in [-0.2, 0) is 6.54 Å². The highest BCUT2D eigenvalue weighted by Crippen LogP contribution is 2.24. The third-order valence-corrected chi connectivity index (χ3v) is 3.39. The van der Waals surface area contributed by atoms with Crippen LogP contribution >= 0.6 is 0 Å². The summed E-state index contributed by atoms with van der Waals surface area (Å²) < 4.78 is 23.6. The van der Waals surface area contributed by atoms with Crippen molar-refractivity contribution in [2.75, 3.05) is 18.5 Å². The molecule has 3 rings (SSSR count). The Kier molecular flexibility index (Phi) is 5.02. The van der Waals surface area contributed by atoms with Crippen LogP contribution < -0.4 is 15.8 Å². The number of nitrogens with two attached hydrogens (primary N) is 1. The summed E-state index contributed by atoms with van der Waals surface area (Å²) in [5.41, 5.74) is 8.14. The maximum atomic E-state index is 12.5. The normalized spacial score (nSPS) is 11.7. The molecule has 6 nitrogen and oxygen atoms in total. The largest absolute Gasteiger partial charge is 0.489 e. The van der Waals surface area contributed by atoms with Crippen LogP contribution in [0.4, 0.5) is 10.4 Å². The van der Waals surface area contributed by atoms with Gasteiger partial charge in [-0.25, -0.2) is 4.39 Å². The molecule has 124 valence electrons. The Labute approximate surface area is 138 Å². The first kappa shape index (κ1) is 15.9. The molecule has 1 aromatic carbocycles. The first-order valence-electron chi connectivity index (χ1n) is 7.43. The van der Waals surface area contributed by atoms with E-state index in [1.54, 1.807) is 30.6 Å². The van der Waals surface area contributed by atoms with E-state index in [1.807, 2.05) is 12.1 Å². The Morgan fingerprint density at radius 3 is 2.88 bits per heavy atom. The van der Waals surface area contributed by atoms with Crippen LogP contribution in [0, 0.1) is 0 Å². The van der Waals surface area contributed by atoms with E-state index < -0.39 is 0 Å². The average molecular weight is 328 g/mol. The van der Waals surface area contributed by atoms with Gasteiger partial charge >= 0.3 is 0 Å². The number of hydrogen-bond acceptors (Lipinski definition) is 6. The number of halogens is 1. The Morgan fingerprint density at radius 2 is 2.12 bits per heavy atom. The zero-order valence-corrected chi connectivity index (χ0v) is 12.9. The van der Waals surface area contributed by atoms with Crippen molar-refractivity contribution in [2.45, 2.75) is 6.54 Å². The van der Waals surface area contributed by atoms with Crippen LogP contribution in [0.25, 0.3) is 11.1 Å². The van der Waals surface area contributed by atoms with Gasteiger partial charge in [-0.1, -0.05) is 0 Å². The molecular weight excluding hydrogens is 311 g/mol. The lowest BCUT2D eigenvalue weighted by Crippen LogP contribution is -2.10. The number of pyridine rings is 1. The van der Waals surface area contributed by atoms with Crippen molar-refractivity contribution in [1.82, 2.24) is 9.97 Å². The van der Waals surface area contributed by atoms with Crippen LogP contribution in [0.15, 0.2) is 59.0 Å². The number of fused-ring (bicyclic) bond motifs is 1. The van der Waals surface area contributed by atoms with Gasteiger partial charge < -0.3 is 20.2 Å². The maximum Gasteiger partial charge on any atom is 0.295 e. The van der Waals surface area contributed by atoms with Gasteiger partial charge in [0.25, 0.3) is 6.01 Å². The van der Waals surface area contributed by atoms with Crippen LogP contribution in [0.3, 0.4) is 0 Å².